The number of amides is 1. The van der Waals surface area contributed by atoms with Crippen LogP contribution in [0.25, 0.3) is 0 Å². The number of benzene rings is 2. The summed E-state index contributed by atoms with van der Waals surface area (Å²) >= 11 is 0. The van der Waals surface area contributed by atoms with E-state index in [4.69, 9.17) is 18.9 Å². The highest BCUT2D eigenvalue weighted by molar-refractivity contribution is 5.92. The molecular formula is C26H31NO6. The van der Waals surface area contributed by atoms with Crippen LogP contribution in [0, 0.1) is 5.92 Å². The van der Waals surface area contributed by atoms with Crippen molar-refractivity contribution in [3.05, 3.63) is 65.7 Å². The molecule has 33 heavy (non-hydrogen) atoms. The smallest absolute Gasteiger partial charge is 0.416 e. The maximum Gasteiger partial charge on any atom is 0.416 e. The lowest BCUT2D eigenvalue weighted by atomic mass is 9.80. The molecule has 2 unspecified atom stereocenters. The maximum atomic E-state index is 13.4. The van der Waals surface area contributed by atoms with Crippen LogP contribution in [0.4, 0.5) is 10.5 Å². The first kappa shape index (κ1) is 23.3. The molecule has 0 aliphatic carbocycles. The Morgan fingerprint density at radius 2 is 1.76 bits per heavy atom. The summed E-state index contributed by atoms with van der Waals surface area (Å²) in [5.74, 6) is -2.38. The monoisotopic (exact) mass is 453 g/mol. The second-order valence-corrected chi connectivity index (χ2v) is 9.69. The Balaban J connectivity index is 1.68. The van der Waals surface area contributed by atoms with Gasteiger partial charge in [0.1, 0.15) is 12.2 Å². The predicted molar refractivity (Wildman–Crippen MR) is 123 cm³/mol. The molecule has 0 aromatic heterocycles. The van der Waals surface area contributed by atoms with Crippen LogP contribution in [0.5, 0.6) is 0 Å². The van der Waals surface area contributed by atoms with Crippen molar-refractivity contribution >= 4 is 17.7 Å². The number of carbonyl (C=O) groups is 2. The zero-order valence-corrected chi connectivity index (χ0v) is 19.7. The molecule has 1 amide bonds. The summed E-state index contributed by atoms with van der Waals surface area (Å²) in [5, 5.41) is 0. The highest BCUT2D eigenvalue weighted by Crippen LogP contribution is 2.52. The standard InChI is InChI=1S/C26H31NO6/c1-25(2,3)33-24(29)27-20-14-10-9-13-18(20)21-19(15-26(4,30-5)32-22(21)27)23(28)31-16-17-11-7-6-8-12-17/h6-14,19,21-22H,15-16H2,1-5H3/t19-,21?,22?,26-/m1/s1. The molecule has 0 bridgehead atoms. The number of ether oxygens (including phenoxy) is 4. The molecule has 2 heterocycles. The van der Waals surface area contributed by atoms with Crippen LogP contribution in [-0.4, -0.2) is 36.8 Å². The Morgan fingerprint density at radius 1 is 1.09 bits per heavy atom. The molecule has 0 radical (unpaired) electrons. The molecule has 4 atom stereocenters. The van der Waals surface area contributed by atoms with Gasteiger partial charge in [-0.25, -0.2) is 4.79 Å². The van der Waals surface area contributed by atoms with Crippen LogP contribution in [0.15, 0.2) is 54.6 Å². The summed E-state index contributed by atoms with van der Waals surface area (Å²) in [6.07, 6.45) is -0.987. The van der Waals surface area contributed by atoms with Crippen LogP contribution < -0.4 is 4.90 Å². The minimum atomic E-state index is -1.07. The van der Waals surface area contributed by atoms with Crippen molar-refractivity contribution in [3.8, 4) is 0 Å². The van der Waals surface area contributed by atoms with Crippen molar-refractivity contribution in [1.82, 2.24) is 0 Å². The van der Waals surface area contributed by atoms with Crippen molar-refractivity contribution < 1.29 is 28.5 Å². The van der Waals surface area contributed by atoms with Crippen LogP contribution >= 0.6 is 0 Å². The van der Waals surface area contributed by atoms with E-state index in [2.05, 4.69) is 0 Å². The molecule has 7 heteroatoms. The molecule has 2 aliphatic rings. The van der Waals surface area contributed by atoms with E-state index in [0.717, 1.165) is 11.1 Å². The Bertz CT molecular complexity index is 1020. The number of fused-ring (bicyclic) bond motifs is 3. The van der Waals surface area contributed by atoms with Gasteiger partial charge in [0.15, 0.2) is 12.0 Å². The second-order valence-electron chi connectivity index (χ2n) is 9.69. The summed E-state index contributed by atoms with van der Waals surface area (Å²) in [6.45, 7) is 7.39. The number of methoxy groups -OCH3 is 1. The Labute approximate surface area is 194 Å². The van der Waals surface area contributed by atoms with E-state index in [-0.39, 0.29) is 12.6 Å². The zero-order chi connectivity index (χ0) is 23.8. The van der Waals surface area contributed by atoms with Crippen molar-refractivity contribution in [2.75, 3.05) is 12.0 Å². The van der Waals surface area contributed by atoms with Gasteiger partial charge in [-0.2, -0.15) is 0 Å². The van der Waals surface area contributed by atoms with Gasteiger partial charge in [-0.1, -0.05) is 48.5 Å². The van der Waals surface area contributed by atoms with Gasteiger partial charge >= 0.3 is 12.1 Å². The average molecular weight is 454 g/mol. The molecule has 1 saturated heterocycles. The molecule has 1 fully saturated rings. The van der Waals surface area contributed by atoms with Gasteiger partial charge in [0, 0.05) is 19.4 Å². The van der Waals surface area contributed by atoms with Gasteiger partial charge in [0.2, 0.25) is 0 Å². The highest BCUT2D eigenvalue weighted by atomic mass is 16.7. The topological polar surface area (TPSA) is 74.3 Å². The second kappa shape index (κ2) is 8.80. The Hall–Kier alpha value is -2.90. The summed E-state index contributed by atoms with van der Waals surface area (Å²) in [5.41, 5.74) is 1.75. The quantitative estimate of drug-likeness (QED) is 0.607. The van der Waals surface area contributed by atoms with Crippen molar-refractivity contribution in [3.63, 3.8) is 0 Å². The minimum Gasteiger partial charge on any atom is -0.461 e. The summed E-state index contributed by atoms with van der Waals surface area (Å²) in [6, 6.07) is 17.1. The molecule has 2 aromatic rings. The number of para-hydroxylation sites is 1. The molecular weight excluding hydrogens is 422 g/mol. The largest absolute Gasteiger partial charge is 0.461 e. The highest BCUT2D eigenvalue weighted by Gasteiger charge is 2.57. The van der Waals surface area contributed by atoms with Gasteiger partial charge in [-0.05, 0) is 44.9 Å². The van der Waals surface area contributed by atoms with E-state index in [1.807, 2.05) is 75.4 Å². The number of esters is 1. The molecule has 176 valence electrons. The molecule has 4 rings (SSSR count). The number of hydrogen-bond acceptors (Lipinski definition) is 6. The van der Waals surface area contributed by atoms with E-state index in [0.29, 0.717) is 12.1 Å². The number of hydrogen-bond donors (Lipinski definition) is 0. The van der Waals surface area contributed by atoms with Gasteiger partial charge < -0.3 is 18.9 Å². The van der Waals surface area contributed by atoms with Gasteiger partial charge in [-0.3, -0.25) is 9.69 Å². The lowest BCUT2D eigenvalue weighted by molar-refractivity contribution is -0.271. The predicted octanol–water partition coefficient (Wildman–Crippen LogP) is 4.99. The average Bonchev–Trinajstić information content (AvgIpc) is 3.10. The maximum absolute atomic E-state index is 13.4. The molecule has 0 saturated carbocycles. The van der Waals surface area contributed by atoms with E-state index < -0.39 is 35.5 Å². The van der Waals surface area contributed by atoms with E-state index in [1.54, 1.807) is 6.92 Å². The van der Waals surface area contributed by atoms with Crippen molar-refractivity contribution in [2.45, 2.75) is 64.3 Å². The van der Waals surface area contributed by atoms with E-state index in [1.165, 1.54) is 12.0 Å². The molecule has 2 aliphatic heterocycles. The summed E-state index contributed by atoms with van der Waals surface area (Å²) in [4.78, 5) is 28.1. The van der Waals surface area contributed by atoms with Crippen LogP contribution in [0.1, 0.15) is 51.2 Å². The van der Waals surface area contributed by atoms with Gasteiger partial charge in [0.05, 0.1) is 11.6 Å². The molecule has 2 aromatic carbocycles. The number of anilines is 1. The summed E-state index contributed by atoms with van der Waals surface area (Å²) < 4.78 is 23.4. The lowest BCUT2D eigenvalue weighted by Gasteiger charge is -2.44. The Morgan fingerprint density at radius 3 is 2.42 bits per heavy atom. The van der Waals surface area contributed by atoms with Crippen LogP contribution in [0.2, 0.25) is 0 Å². The molecule has 0 N–H and O–H groups in total. The third-order valence-corrected chi connectivity index (χ3v) is 6.06. The zero-order valence-electron chi connectivity index (χ0n) is 19.7. The minimum absolute atomic E-state index is 0.176. The normalized spacial score (nSPS) is 26.3. The van der Waals surface area contributed by atoms with Crippen molar-refractivity contribution in [1.29, 1.82) is 0 Å². The van der Waals surface area contributed by atoms with Crippen LogP contribution in [0.3, 0.4) is 0 Å². The first-order chi connectivity index (χ1) is 15.6. The fourth-order valence-electron chi connectivity index (χ4n) is 4.52. The third kappa shape index (κ3) is 4.75. The SMILES string of the molecule is CO[C@@]1(C)C[C@@H](C(=O)OCc2ccccc2)C2c3ccccc3N(C(=O)OC(C)(C)C)C2O1. The first-order valence-corrected chi connectivity index (χ1v) is 11.2. The van der Waals surface area contributed by atoms with Gasteiger partial charge in [0.25, 0.3) is 0 Å². The van der Waals surface area contributed by atoms with Crippen LogP contribution in [-0.2, 0) is 30.3 Å². The lowest BCUT2D eigenvalue weighted by Crippen LogP contribution is -2.55. The van der Waals surface area contributed by atoms with E-state index >= 15 is 0 Å². The summed E-state index contributed by atoms with van der Waals surface area (Å²) in [7, 11) is 1.53. The molecule has 7 nitrogen and oxygen atoms in total. The Kier molecular flexibility index (Phi) is 6.20. The first-order valence-electron chi connectivity index (χ1n) is 11.2. The number of carbonyl (C=O) groups excluding carboxylic acids is 2. The van der Waals surface area contributed by atoms with E-state index in [9.17, 15) is 9.59 Å². The number of nitrogens with zero attached hydrogens (tertiary/aromatic N) is 1. The fraction of sp³-hybridized carbons (Fsp3) is 0.462. The molecule has 0 spiro atoms. The van der Waals surface area contributed by atoms with Crippen molar-refractivity contribution in [2.24, 2.45) is 5.92 Å². The fourth-order valence-corrected chi connectivity index (χ4v) is 4.52. The third-order valence-electron chi connectivity index (χ3n) is 6.06. The van der Waals surface area contributed by atoms with Gasteiger partial charge in [-0.15, -0.1) is 0 Å². The number of rotatable bonds is 4.